The lowest BCUT2D eigenvalue weighted by Gasteiger charge is -2.29. The van der Waals surface area contributed by atoms with Crippen molar-refractivity contribution in [3.05, 3.63) is 36.9 Å². The third-order valence-electron chi connectivity index (χ3n) is 6.03. The number of nitrogens with zero attached hydrogens (tertiary/aromatic N) is 5. The van der Waals surface area contributed by atoms with Gasteiger partial charge in [0.1, 0.15) is 12.1 Å². The minimum atomic E-state index is 0.423. The number of pyridine rings is 1. The van der Waals surface area contributed by atoms with Gasteiger partial charge in [0.25, 0.3) is 0 Å². The number of aromatic nitrogens is 5. The second kappa shape index (κ2) is 5.79. The van der Waals surface area contributed by atoms with Crippen molar-refractivity contribution in [2.45, 2.75) is 38.6 Å². The molecule has 128 valence electrons. The molecule has 0 spiro atoms. The van der Waals surface area contributed by atoms with Gasteiger partial charge in [0.2, 0.25) is 0 Å². The lowest BCUT2D eigenvalue weighted by molar-refractivity contribution is 0.304. The van der Waals surface area contributed by atoms with Crippen molar-refractivity contribution in [3.8, 4) is 5.82 Å². The second-order valence-electron chi connectivity index (χ2n) is 7.48. The van der Waals surface area contributed by atoms with Crippen LogP contribution in [0, 0.1) is 17.8 Å². The van der Waals surface area contributed by atoms with Gasteiger partial charge < -0.3 is 5.32 Å². The summed E-state index contributed by atoms with van der Waals surface area (Å²) < 4.78 is 1.77. The van der Waals surface area contributed by atoms with E-state index in [1.807, 2.05) is 24.4 Å². The van der Waals surface area contributed by atoms with Crippen LogP contribution in [0.1, 0.15) is 32.6 Å². The summed E-state index contributed by atoms with van der Waals surface area (Å²) in [5, 5.41) is 9.08. The Morgan fingerprint density at radius 1 is 1.16 bits per heavy atom. The first-order chi connectivity index (χ1) is 12.3. The molecule has 5 rings (SSSR count). The van der Waals surface area contributed by atoms with Gasteiger partial charge >= 0.3 is 0 Å². The molecule has 2 aliphatic rings. The van der Waals surface area contributed by atoms with E-state index in [-0.39, 0.29) is 0 Å². The predicted octanol–water partition coefficient (Wildman–Crippen LogP) is 3.45. The zero-order valence-electron chi connectivity index (χ0n) is 14.3. The molecule has 3 heterocycles. The van der Waals surface area contributed by atoms with Crippen LogP contribution in [0.15, 0.2) is 36.9 Å². The largest absolute Gasteiger partial charge is 0.367 e. The molecule has 4 atom stereocenters. The Balaban J connectivity index is 1.45. The van der Waals surface area contributed by atoms with E-state index >= 15 is 0 Å². The van der Waals surface area contributed by atoms with Crippen LogP contribution in [-0.4, -0.2) is 30.8 Å². The monoisotopic (exact) mass is 334 g/mol. The van der Waals surface area contributed by atoms with E-state index in [9.17, 15) is 0 Å². The highest BCUT2D eigenvalue weighted by atomic mass is 15.3. The molecule has 2 fully saturated rings. The molecule has 3 aromatic heterocycles. The molecular formula is C19H22N6. The maximum absolute atomic E-state index is 4.49. The van der Waals surface area contributed by atoms with E-state index < -0.39 is 0 Å². The fourth-order valence-corrected chi connectivity index (χ4v) is 4.83. The Kier molecular flexibility index (Phi) is 3.43. The van der Waals surface area contributed by atoms with Crippen molar-refractivity contribution >= 4 is 16.9 Å². The Morgan fingerprint density at radius 3 is 2.88 bits per heavy atom. The van der Waals surface area contributed by atoms with E-state index in [0.717, 1.165) is 40.4 Å². The lowest BCUT2D eigenvalue weighted by atomic mass is 9.84. The number of anilines is 1. The van der Waals surface area contributed by atoms with Crippen LogP contribution in [0.5, 0.6) is 0 Å². The first kappa shape index (κ1) is 14.8. The van der Waals surface area contributed by atoms with E-state index in [1.54, 1.807) is 17.2 Å². The van der Waals surface area contributed by atoms with Gasteiger partial charge in [-0.1, -0.05) is 12.5 Å². The van der Waals surface area contributed by atoms with Gasteiger partial charge in [-0.3, -0.25) is 0 Å². The molecule has 6 heteroatoms. The molecule has 0 radical (unpaired) electrons. The summed E-state index contributed by atoms with van der Waals surface area (Å²) in [7, 11) is 0. The van der Waals surface area contributed by atoms with Crippen molar-refractivity contribution in [2.24, 2.45) is 17.8 Å². The summed E-state index contributed by atoms with van der Waals surface area (Å²) in [6.45, 7) is 2.29. The number of fused-ring (bicyclic) bond motifs is 3. The van der Waals surface area contributed by atoms with Crippen LogP contribution in [0.25, 0.3) is 16.9 Å². The smallest absolute Gasteiger partial charge is 0.170 e. The van der Waals surface area contributed by atoms with Crippen LogP contribution >= 0.6 is 0 Å². The number of rotatable bonds is 4. The van der Waals surface area contributed by atoms with E-state index in [2.05, 4.69) is 32.3 Å². The van der Waals surface area contributed by atoms with Gasteiger partial charge in [-0.05, 0) is 56.1 Å². The fourth-order valence-electron chi connectivity index (χ4n) is 4.83. The van der Waals surface area contributed by atoms with E-state index in [1.165, 1.54) is 25.7 Å². The Bertz CT molecular complexity index is 889. The van der Waals surface area contributed by atoms with Gasteiger partial charge in [0.05, 0.1) is 11.6 Å². The molecule has 1 N–H and O–H groups in total. The zero-order chi connectivity index (χ0) is 16.8. The molecule has 0 aromatic carbocycles. The topological polar surface area (TPSA) is 68.5 Å². The first-order valence-corrected chi connectivity index (χ1v) is 9.16. The van der Waals surface area contributed by atoms with Gasteiger partial charge in [0.15, 0.2) is 11.5 Å². The highest BCUT2D eigenvalue weighted by Crippen LogP contribution is 2.49. The molecular weight excluding hydrogens is 312 g/mol. The Hall–Kier alpha value is -2.50. The molecule has 2 saturated carbocycles. The maximum Gasteiger partial charge on any atom is 0.170 e. The average molecular weight is 334 g/mol. The highest BCUT2D eigenvalue weighted by molar-refractivity contribution is 5.87. The van der Waals surface area contributed by atoms with Gasteiger partial charge in [-0.15, -0.1) is 0 Å². The molecule has 2 bridgehead atoms. The van der Waals surface area contributed by atoms with Gasteiger partial charge in [0, 0.05) is 12.2 Å². The van der Waals surface area contributed by atoms with Crippen molar-refractivity contribution in [1.82, 2.24) is 24.7 Å². The maximum atomic E-state index is 4.49. The third kappa shape index (κ3) is 2.47. The third-order valence-corrected chi connectivity index (χ3v) is 6.03. The Morgan fingerprint density at radius 2 is 2.12 bits per heavy atom. The minimum absolute atomic E-state index is 0.423. The van der Waals surface area contributed by atoms with Crippen LogP contribution in [0.3, 0.4) is 0 Å². The average Bonchev–Trinajstić information content (AvgIpc) is 3.38. The molecule has 0 amide bonds. The predicted molar refractivity (Wildman–Crippen MR) is 96.5 cm³/mol. The van der Waals surface area contributed by atoms with Gasteiger partial charge in [-0.2, -0.15) is 9.78 Å². The van der Waals surface area contributed by atoms with Crippen molar-refractivity contribution in [1.29, 1.82) is 0 Å². The van der Waals surface area contributed by atoms with Crippen molar-refractivity contribution in [2.75, 3.05) is 5.32 Å². The summed E-state index contributed by atoms with van der Waals surface area (Å²) in [5.41, 5.74) is 0.788. The summed E-state index contributed by atoms with van der Waals surface area (Å²) >= 11 is 0. The molecule has 0 aliphatic heterocycles. The van der Waals surface area contributed by atoms with Crippen LogP contribution in [0.4, 0.5) is 5.82 Å². The summed E-state index contributed by atoms with van der Waals surface area (Å²) in [6, 6.07) is 6.20. The second-order valence-corrected chi connectivity index (χ2v) is 7.48. The van der Waals surface area contributed by atoms with E-state index in [0.29, 0.717) is 6.04 Å². The number of nitrogens with one attached hydrogen (secondary N) is 1. The molecule has 6 nitrogen and oxygen atoms in total. The fraction of sp³-hybridized carbons (Fsp3) is 0.474. The van der Waals surface area contributed by atoms with Crippen molar-refractivity contribution < 1.29 is 0 Å². The molecule has 0 unspecified atom stereocenters. The minimum Gasteiger partial charge on any atom is -0.367 e. The Labute approximate surface area is 146 Å². The molecule has 0 saturated heterocycles. The first-order valence-electron chi connectivity index (χ1n) is 9.16. The normalized spacial score (nSPS) is 26.2. The van der Waals surface area contributed by atoms with Crippen LogP contribution < -0.4 is 5.32 Å². The quantitative estimate of drug-likeness (QED) is 0.791. The summed E-state index contributed by atoms with van der Waals surface area (Å²) in [6.07, 6.45) is 10.8. The number of hydrogen-bond acceptors (Lipinski definition) is 5. The lowest BCUT2D eigenvalue weighted by Crippen LogP contribution is -2.30. The van der Waals surface area contributed by atoms with Crippen LogP contribution in [-0.2, 0) is 0 Å². The molecule has 25 heavy (non-hydrogen) atoms. The number of hydrogen-bond donors (Lipinski definition) is 1. The van der Waals surface area contributed by atoms with E-state index in [4.69, 9.17) is 0 Å². The summed E-state index contributed by atoms with van der Waals surface area (Å²) in [5.74, 6) is 4.25. The SMILES string of the molecule is C[C@@H](Nc1ncnc2c1cnn2-c1ccccn1)[C@H]1C[C@H]2CC[C@H]1C2. The molecule has 2 aliphatic carbocycles. The van der Waals surface area contributed by atoms with Crippen molar-refractivity contribution in [3.63, 3.8) is 0 Å². The van der Waals surface area contributed by atoms with Crippen LogP contribution in [0.2, 0.25) is 0 Å². The molecule has 3 aromatic rings. The summed E-state index contributed by atoms with van der Waals surface area (Å²) in [4.78, 5) is 13.3. The zero-order valence-corrected chi connectivity index (χ0v) is 14.3. The highest BCUT2D eigenvalue weighted by Gasteiger charge is 2.41. The van der Waals surface area contributed by atoms with Gasteiger partial charge in [-0.25, -0.2) is 15.0 Å². The standard InChI is InChI=1S/C19H22N6/c1-12(15-9-13-5-6-14(15)8-13)24-18-16-10-23-25(19(16)22-11-21-18)17-4-2-3-7-20-17/h2-4,7,10-15H,5-6,8-9H2,1H3,(H,21,22,24)/t12-,13+,14+,15-/m1/s1.